The van der Waals surface area contributed by atoms with Gasteiger partial charge in [0.05, 0.1) is 10.6 Å². The summed E-state index contributed by atoms with van der Waals surface area (Å²) in [5, 5.41) is 9.59. The molecule has 0 aliphatic carbocycles. The van der Waals surface area contributed by atoms with Crippen molar-refractivity contribution in [1.82, 2.24) is 0 Å². The first-order chi connectivity index (χ1) is 14.3. The highest BCUT2D eigenvalue weighted by molar-refractivity contribution is 7.97. The van der Waals surface area contributed by atoms with Crippen LogP contribution < -0.4 is 15.2 Å². The van der Waals surface area contributed by atoms with Crippen molar-refractivity contribution in [1.29, 1.82) is 0 Å². The van der Waals surface area contributed by atoms with Crippen molar-refractivity contribution in [3.05, 3.63) is 83.9 Å². The quantitative estimate of drug-likeness (QED) is 0.270. The number of nitrogens with two attached hydrogens (primary N) is 1. The van der Waals surface area contributed by atoms with Crippen molar-refractivity contribution in [2.75, 3.05) is 11.9 Å². The highest BCUT2D eigenvalue weighted by Crippen LogP contribution is 2.39. The van der Waals surface area contributed by atoms with Crippen LogP contribution in [0.4, 0.5) is 5.69 Å². The summed E-state index contributed by atoms with van der Waals surface area (Å²) in [6.07, 6.45) is 5.46. The third kappa shape index (κ3) is 6.55. The molecule has 0 heterocycles. The third-order valence-electron chi connectivity index (χ3n) is 4.82. The lowest BCUT2D eigenvalue weighted by molar-refractivity contribution is 0.472. The molecule has 0 aliphatic rings. The van der Waals surface area contributed by atoms with E-state index >= 15 is 0 Å². The van der Waals surface area contributed by atoms with Gasteiger partial charge in [0.2, 0.25) is 0 Å². The zero-order valence-corrected chi connectivity index (χ0v) is 17.9. The smallest absolute Gasteiger partial charge is 0.165 e. The fourth-order valence-electron chi connectivity index (χ4n) is 3.28. The zero-order chi connectivity index (χ0) is 20.3. The van der Waals surface area contributed by atoms with Gasteiger partial charge in [0, 0.05) is 6.54 Å². The predicted molar refractivity (Wildman–Crippen MR) is 125 cm³/mol. The summed E-state index contributed by atoms with van der Waals surface area (Å²) in [6.45, 7) is 3.12. The van der Waals surface area contributed by atoms with Crippen molar-refractivity contribution in [2.45, 2.75) is 43.9 Å². The highest BCUT2D eigenvalue weighted by Gasteiger charge is 2.14. The Labute approximate surface area is 178 Å². The van der Waals surface area contributed by atoms with Crippen LogP contribution in [0.3, 0.4) is 0 Å². The molecule has 3 aromatic rings. The van der Waals surface area contributed by atoms with Crippen LogP contribution in [0.2, 0.25) is 0 Å². The second-order valence-electron chi connectivity index (χ2n) is 7.12. The lowest BCUT2D eigenvalue weighted by atomic mass is 10.0. The van der Waals surface area contributed by atoms with Gasteiger partial charge in [0.1, 0.15) is 5.75 Å². The van der Waals surface area contributed by atoms with Crippen LogP contribution in [0.25, 0.3) is 0 Å². The molecule has 0 saturated carbocycles. The van der Waals surface area contributed by atoms with Crippen molar-refractivity contribution in [3.63, 3.8) is 0 Å². The largest absolute Gasteiger partial charge is 0.454 e. The maximum atomic E-state index is 6.23. The maximum Gasteiger partial charge on any atom is 0.165 e. The number of hydrogen-bond donors (Lipinski definition) is 2. The van der Waals surface area contributed by atoms with Gasteiger partial charge < -0.3 is 10.1 Å². The Morgan fingerprint density at radius 2 is 1.55 bits per heavy atom. The molecule has 3 N–H and O–H groups in total. The van der Waals surface area contributed by atoms with E-state index in [0.29, 0.717) is 0 Å². The first-order valence-corrected chi connectivity index (χ1v) is 11.2. The number of aryl methyl sites for hydroxylation is 2. The standard InChI is InChI=1S/C25H30N2OS/c1-2-3-17-27-23-18-21(14-10-13-20-11-6-4-7-12-20)19-24(29-26)25(23)28-22-15-8-5-9-16-22/h4-9,11-12,15-16,18-19,27H,2-3,10,13-14,17,26H2,1H3. The summed E-state index contributed by atoms with van der Waals surface area (Å²) in [4.78, 5) is 0.963. The van der Waals surface area contributed by atoms with Gasteiger partial charge in [0.15, 0.2) is 5.75 Å². The van der Waals surface area contributed by atoms with Crippen LogP contribution in [0.15, 0.2) is 77.7 Å². The number of benzene rings is 3. The molecule has 0 saturated heterocycles. The van der Waals surface area contributed by atoms with Crippen molar-refractivity contribution < 1.29 is 4.74 Å². The minimum atomic E-state index is 0.812. The summed E-state index contributed by atoms with van der Waals surface area (Å²) >= 11 is 1.25. The van der Waals surface area contributed by atoms with E-state index in [1.165, 1.54) is 23.1 Å². The first-order valence-electron chi connectivity index (χ1n) is 10.3. The summed E-state index contributed by atoms with van der Waals surface area (Å²) in [5.41, 5.74) is 3.69. The van der Waals surface area contributed by atoms with E-state index in [-0.39, 0.29) is 0 Å². The van der Waals surface area contributed by atoms with E-state index < -0.39 is 0 Å². The Hall–Kier alpha value is -2.43. The molecule has 0 radical (unpaired) electrons. The van der Waals surface area contributed by atoms with Gasteiger partial charge in [-0.15, -0.1) is 0 Å². The molecule has 0 atom stereocenters. The van der Waals surface area contributed by atoms with Crippen LogP contribution >= 0.6 is 11.9 Å². The molecule has 3 nitrogen and oxygen atoms in total. The first kappa shape index (κ1) is 21.3. The molecule has 4 heteroatoms. The van der Waals surface area contributed by atoms with Crippen LogP contribution in [0.1, 0.15) is 37.3 Å². The number of anilines is 1. The molecule has 29 heavy (non-hydrogen) atoms. The number of unbranched alkanes of at least 4 members (excludes halogenated alkanes) is 1. The molecule has 0 spiro atoms. The lowest BCUT2D eigenvalue weighted by Gasteiger charge is -2.18. The number of para-hydroxylation sites is 1. The number of hydrogen-bond acceptors (Lipinski definition) is 4. The number of ether oxygens (including phenoxy) is 1. The Balaban J connectivity index is 1.78. The molecule has 0 amide bonds. The molecule has 0 aliphatic heterocycles. The molecular weight excluding hydrogens is 376 g/mol. The molecule has 152 valence electrons. The molecule has 3 rings (SSSR count). The summed E-state index contributed by atoms with van der Waals surface area (Å²) < 4.78 is 6.23. The summed E-state index contributed by atoms with van der Waals surface area (Å²) in [5.74, 6) is 1.63. The van der Waals surface area contributed by atoms with E-state index in [2.05, 4.69) is 54.7 Å². The normalized spacial score (nSPS) is 10.7. The Bertz CT molecular complexity index is 869. The number of rotatable bonds is 11. The van der Waals surface area contributed by atoms with Crippen LogP contribution in [0, 0.1) is 0 Å². The minimum absolute atomic E-state index is 0.812. The van der Waals surface area contributed by atoms with Crippen LogP contribution in [-0.4, -0.2) is 6.54 Å². The fraction of sp³-hybridized carbons (Fsp3) is 0.280. The average Bonchev–Trinajstić information content (AvgIpc) is 2.76. The van der Waals surface area contributed by atoms with Gasteiger partial charge in [0.25, 0.3) is 0 Å². The Morgan fingerprint density at radius 3 is 2.24 bits per heavy atom. The van der Waals surface area contributed by atoms with Crippen LogP contribution in [-0.2, 0) is 12.8 Å². The monoisotopic (exact) mass is 406 g/mol. The molecular formula is C25H30N2OS. The predicted octanol–water partition coefficient (Wildman–Crippen LogP) is 6.83. The second kappa shape index (κ2) is 11.5. The third-order valence-corrected chi connectivity index (χ3v) is 5.38. The van der Waals surface area contributed by atoms with Gasteiger partial charge in [-0.05, 0) is 73.0 Å². The van der Waals surface area contributed by atoms with E-state index in [1.807, 2.05) is 30.3 Å². The van der Waals surface area contributed by atoms with Crippen molar-refractivity contribution >= 4 is 17.6 Å². The SMILES string of the molecule is CCCCNc1cc(CCCc2ccccc2)cc(SN)c1Oc1ccccc1. The highest BCUT2D eigenvalue weighted by atomic mass is 32.2. The topological polar surface area (TPSA) is 47.3 Å². The van der Waals surface area contributed by atoms with Crippen molar-refractivity contribution in [3.8, 4) is 11.5 Å². The second-order valence-corrected chi connectivity index (χ2v) is 7.80. The lowest BCUT2D eigenvalue weighted by Crippen LogP contribution is -2.05. The van der Waals surface area contributed by atoms with E-state index in [0.717, 1.165) is 60.7 Å². The Morgan fingerprint density at radius 1 is 0.862 bits per heavy atom. The fourth-order valence-corrected chi connectivity index (χ4v) is 3.75. The van der Waals surface area contributed by atoms with Crippen molar-refractivity contribution in [2.24, 2.45) is 5.14 Å². The minimum Gasteiger partial charge on any atom is -0.454 e. The van der Waals surface area contributed by atoms with Crippen LogP contribution in [0.5, 0.6) is 11.5 Å². The Kier molecular flexibility index (Phi) is 8.47. The van der Waals surface area contributed by atoms with E-state index in [4.69, 9.17) is 9.88 Å². The molecule has 0 fully saturated rings. The van der Waals surface area contributed by atoms with Gasteiger partial charge >= 0.3 is 0 Å². The zero-order valence-electron chi connectivity index (χ0n) is 17.1. The van der Waals surface area contributed by atoms with E-state index in [1.54, 1.807) is 0 Å². The van der Waals surface area contributed by atoms with Gasteiger partial charge in [-0.1, -0.05) is 61.9 Å². The molecule has 3 aromatic carbocycles. The average molecular weight is 407 g/mol. The van der Waals surface area contributed by atoms with E-state index in [9.17, 15) is 0 Å². The summed E-state index contributed by atoms with van der Waals surface area (Å²) in [7, 11) is 0. The van der Waals surface area contributed by atoms with Gasteiger partial charge in [-0.2, -0.15) is 0 Å². The van der Waals surface area contributed by atoms with Gasteiger partial charge in [-0.3, -0.25) is 5.14 Å². The summed E-state index contributed by atoms with van der Waals surface area (Å²) in [6, 6.07) is 24.9. The molecule has 0 unspecified atom stereocenters. The number of nitrogens with one attached hydrogen (secondary N) is 1. The maximum absolute atomic E-state index is 6.23. The van der Waals surface area contributed by atoms with Gasteiger partial charge in [-0.25, -0.2) is 0 Å². The molecule has 0 aromatic heterocycles. The molecule has 0 bridgehead atoms.